The van der Waals surface area contributed by atoms with Gasteiger partial charge in [0.25, 0.3) is 0 Å². The lowest BCUT2D eigenvalue weighted by Crippen LogP contribution is -1.83. The highest BCUT2D eigenvalue weighted by Crippen LogP contribution is 1.95. The van der Waals surface area contributed by atoms with Gasteiger partial charge in [-0.25, -0.2) is 0 Å². The summed E-state index contributed by atoms with van der Waals surface area (Å²) in [6.07, 6.45) is 2.88. The maximum atomic E-state index is 8.01. The zero-order valence-corrected chi connectivity index (χ0v) is 4.73. The topological polar surface area (TPSA) is 20.2 Å². The third kappa shape index (κ3) is 3.18. The molecule has 0 saturated heterocycles. The zero-order valence-electron chi connectivity index (χ0n) is 4.73. The standard InChI is InChI=1S/C6H10O/c1-3-6(2)4-5-7/h6-7H,3H2,1-2H3. The predicted octanol–water partition coefficient (Wildman–Crippen LogP) is 1.37. The van der Waals surface area contributed by atoms with Crippen LogP contribution in [0.2, 0.25) is 0 Å². The Morgan fingerprint density at radius 1 is 1.71 bits per heavy atom. The van der Waals surface area contributed by atoms with E-state index in [4.69, 9.17) is 5.11 Å². The minimum Gasteiger partial charge on any atom is -0.462 e. The molecule has 1 unspecified atom stereocenters. The summed E-state index contributed by atoms with van der Waals surface area (Å²) in [5.74, 6) is 2.94. The van der Waals surface area contributed by atoms with Gasteiger partial charge >= 0.3 is 0 Å². The second-order valence-electron chi connectivity index (χ2n) is 1.57. The van der Waals surface area contributed by atoms with Crippen LogP contribution < -0.4 is 0 Å². The molecule has 0 bridgehead atoms. The highest BCUT2D eigenvalue weighted by atomic mass is 16.2. The van der Waals surface area contributed by atoms with Crippen LogP contribution in [0.4, 0.5) is 0 Å². The van der Waals surface area contributed by atoms with Gasteiger partial charge in [0.1, 0.15) is 6.11 Å². The summed E-state index contributed by atoms with van der Waals surface area (Å²) in [5, 5.41) is 8.01. The van der Waals surface area contributed by atoms with Crippen molar-refractivity contribution in [3.8, 4) is 12.0 Å². The zero-order chi connectivity index (χ0) is 5.70. The monoisotopic (exact) mass is 98.1 g/mol. The molecule has 1 heteroatoms. The fourth-order valence-corrected chi connectivity index (χ4v) is 0.212. The number of hydrogen-bond donors (Lipinski definition) is 1. The van der Waals surface area contributed by atoms with Crippen molar-refractivity contribution in [3.05, 3.63) is 0 Å². The highest BCUT2D eigenvalue weighted by Gasteiger charge is 1.87. The molecule has 1 N–H and O–H groups in total. The van der Waals surface area contributed by atoms with Crippen LogP contribution in [-0.4, -0.2) is 5.11 Å². The summed E-state index contributed by atoms with van der Waals surface area (Å²) in [4.78, 5) is 0. The van der Waals surface area contributed by atoms with E-state index in [-0.39, 0.29) is 0 Å². The van der Waals surface area contributed by atoms with E-state index in [0.717, 1.165) is 6.42 Å². The normalized spacial score (nSPS) is 11.7. The van der Waals surface area contributed by atoms with Gasteiger partial charge in [-0.3, -0.25) is 0 Å². The van der Waals surface area contributed by atoms with E-state index in [2.05, 4.69) is 5.92 Å². The van der Waals surface area contributed by atoms with Crippen LogP contribution in [0.5, 0.6) is 0 Å². The Balaban J connectivity index is 3.29. The predicted molar refractivity (Wildman–Crippen MR) is 29.2 cm³/mol. The van der Waals surface area contributed by atoms with Crippen LogP contribution in [0, 0.1) is 17.9 Å². The first-order chi connectivity index (χ1) is 3.31. The van der Waals surface area contributed by atoms with E-state index in [1.54, 1.807) is 0 Å². The van der Waals surface area contributed by atoms with Crippen molar-refractivity contribution in [2.75, 3.05) is 0 Å². The van der Waals surface area contributed by atoms with Crippen LogP contribution >= 0.6 is 0 Å². The molecule has 7 heavy (non-hydrogen) atoms. The van der Waals surface area contributed by atoms with Crippen molar-refractivity contribution in [1.82, 2.24) is 0 Å². The number of aliphatic hydroxyl groups excluding tert-OH is 1. The Morgan fingerprint density at radius 2 is 2.29 bits per heavy atom. The Morgan fingerprint density at radius 3 is 2.43 bits per heavy atom. The molecular formula is C6H10O. The molecule has 0 fully saturated rings. The molecule has 0 aliphatic rings. The lowest BCUT2D eigenvalue weighted by atomic mass is 10.1. The maximum absolute atomic E-state index is 8.01. The van der Waals surface area contributed by atoms with Crippen LogP contribution in [0.15, 0.2) is 0 Å². The number of hydrogen-bond acceptors (Lipinski definition) is 1. The van der Waals surface area contributed by atoms with Gasteiger partial charge in [0.05, 0.1) is 0 Å². The summed E-state index contributed by atoms with van der Waals surface area (Å²) in [6, 6.07) is 0. The molecule has 0 aromatic rings. The minimum atomic E-state index is 0.338. The highest BCUT2D eigenvalue weighted by molar-refractivity contribution is 4.93. The van der Waals surface area contributed by atoms with E-state index in [1.807, 2.05) is 20.0 Å². The van der Waals surface area contributed by atoms with Gasteiger partial charge in [-0.15, -0.1) is 0 Å². The first kappa shape index (κ1) is 6.36. The largest absolute Gasteiger partial charge is 0.462 e. The van der Waals surface area contributed by atoms with Crippen LogP contribution in [0.3, 0.4) is 0 Å². The van der Waals surface area contributed by atoms with E-state index in [0.29, 0.717) is 5.92 Å². The third-order valence-electron chi connectivity index (χ3n) is 0.923. The SMILES string of the molecule is CCC(C)C#CO. The van der Waals surface area contributed by atoms with Crippen LogP contribution in [0.25, 0.3) is 0 Å². The molecule has 0 aliphatic carbocycles. The van der Waals surface area contributed by atoms with Crippen molar-refractivity contribution in [2.24, 2.45) is 5.92 Å². The maximum Gasteiger partial charge on any atom is 0.107 e. The molecule has 0 spiro atoms. The molecule has 0 aromatic heterocycles. The average Bonchev–Trinajstić information content (AvgIpc) is 1.68. The first-order valence-electron chi connectivity index (χ1n) is 2.45. The molecule has 1 atom stereocenters. The Kier molecular flexibility index (Phi) is 3.22. The Hall–Kier alpha value is -0.640. The van der Waals surface area contributed by atoms with Gasteiger partial charge in [0.15, 0.2) is 0 Å². The smallest absolute Gasteiger partial charge is 0.107 e. The van der Waals surface area contributed by atoms with E-state index in [1.165, 1.54) is 0 Å². The molecule has 0 radical (unpaired) electrons. The molecular weight excluding hydrogens is 88.1 g/mol. The van der Waals surface area contributed by atoms with Gasteiger partial charge in [-0.05, 0) is 6.42 Å². The van der Waals surface area contributed by atoms with Crippen molar-refractivity contribution in [1.29, 1.82) is 0 Å². The molecule has 40 valence electrons. The summed E-state index contributed by atoms with van der Waals surface area (Å²) >= 11 is 0. The third-order valence-corrected chi connectivity index (χ3v) is 0.923. The van der Waals surface area contributed by atoms with Crippen molar-refractivity contribution in [3.63, 3.8) is 0 Å². The molecule has 0 rings (SSSR count). The molecule has 0 amide bonds. The van der Waals surface area contributed by atoms with E-state index >= 15 is 0 Å². The second-order valence-corrected chi connectivity index (χ2v) is 1.57. The Labute approximate surface area is 44.4 Å². The van der Waals surface area contributed by atoms with E-state index in [9.17, 15) is 0 Å². The summed E-state index contributed by atoms with van der Waals surface area (Å²) in [5.41, 5.74) is 0. The lowest BCUT2D eigenvalue weighted by molar-refractivity contribution is 0.513. The second kappa shape index (κ2) is 3.55. The minimum absolute atomic E-state index is 0.338. The van der Waals surface area contributed by atoms with Gasteiger partial charge in [-0.1, -0.05) is 19.8 Å². The van der Waals surface area contributed by atoms with Gasteiger partial charge < -0.3 is 5.11 Å². The summed E-state index contributed by atoms with van der Waals surface area (Å²) in [7, 11) is 0. The van der Waals surface area contributed by atoms with Gasteiger partial charge in [-0.2, -0.15) is 0 Å². The fourth-order valence-electron chi connectivity index (χ4n) is 0.212. The van der Waals surface area contributed by atoms with Gasteiger partial charge in [0, 0.05) is 5.92 Å². The van der Waals surface area contributed by atoms with Crippen molar-refractivity contribution in [2.45, 2.75) is 20.3 Å². The average molecular weight is 98.1 g/mol. The number of rotatable bonds is 1. The Bertz CT molecular complexity index is 86.1. The molecule has 0 aliphatic heterocycles. The lowest BCUT2D eigenvalue weighted by Gasteiger charge is -1.90. The van der Waals surface area contributed by atoms with E-state index < -0.39 is 0 Å². The summed E-state index contributed by atoms with van der Waals surface area (Å²) < 4.78 is 0. The molecule has 0 saturated carbocycles. The van der Waals surface area contributed by atoms with Gasteiger partial charge in [0.2, 0.25) is 0 Å². The fraction of sp³-hybridized carbons (Fsp3) is 0.667. The molecule has 0 heterocycles. The van der Waals surface area contributed by atoms with Crippen molar-refractivity contribution >= 4 is 0 Å². The number of aliphatic hydroxyl groups is 1. The quantitative estimate of drug-likeness (QED) is 0.491. The van der Waals surface area contributed by atoms with Crippen molar-refractivity contribution < 1.29 is 5.11 Å². The van der Waals surface area contributed by atoms with Crippen LogP contribution in [-0.2, 0) is 0 Å². The molecule has 0 aromatic carbocycles. The van der Waals surface area contributed by atoms with Crippen LogP contribution in [0.1, 0.15) is 20.3 Å². The summed E-state index contributed by atoms with van der Waals surface area (Å²) in [6.45, 7) is 4.01. The first-order valence-corrected chi connectivity index (χ1v) is 2.45. The molecule has 1 nitrogen and oxygen atoms in total.